The molecule has 1 N–H and O–H groups in total. The van der Waals surface area contributed by atoms with Crippen molar-refractivity contribution in [2.24, 2.45) is 0 Å². The molecular weight excluding hydrogens is 268 g/mol. The van der Waals surface area contributed by atoms with Gasteiger partial charge in [-0.2, -0.15) is 0 Å². The fraction of sp³-hybridized carbons (Fsp3) is 0.125. The van der Waals surface area contributed by atoms with E-state index in [4.69, 9.17) is 8.94 Å². The number of hydrogen-bond donors (Lipinski definition) is 1. The van der Waals surface area contributed by atoms with Gasteiger partial charge in [0.2, 0.25) is 0 Å². The number of hydrogen-bond acceptors (Lipinski definition) is 4. The molecule has 0 bridgehead atoms. The molecular formula is C16H14N2O3. The highest BCUT2D eigenvalue weighted by Crippen LogP contribution is 2.20. The number of nitrogens with one attached hydrogen (secondary N) is 1. The van der Waals surface area contributed by atoms with E-state index in [-0.39, 0.29) is 5.91 Å². The molecule has 0 saturated carbocycles. The predicted octanol–water partition coefficient (Wildman–Crippen LogP) is 3.17. The highest BCUT2D eigenvalue weighted by Gasteiger charge is 2.12. The summed E-state index contributed by atoms with van der Waals surface area (Å²) in [7, 11) is 0. The number of aryl methyl sites for hydroxylation is 1. The zero-order chi connectivity index (χ0) is 14.7. The first kappa shape index (κ1) is 13.2. The first-order valence-electron chi connectivity index (χ1n) is 6.55. The Balaban J connectivity index is 1.64. The van der Waals surface area contributed by atoms with Crippen molar-refractivity contribution in [2.45, 2.75) is 13.5 Å². The van der Waals surface area contributed by atoms with Gasteiger partial charge in [0.25, 0.3) is 5.91 Å². The molecule has 3 aromatic rings. The summed E-state index contributed by atoms with van der Waals surface area (Å²) in [5.41, 5.74) is 3.59. The van der Waals surface area contributed by atoms with Crippen LogP contribution in [0, 0.1) is 6.92 Å². The maximum absolute atomic E-state index is 11.9. The summed E-state index contributed by atoms with van der Waals surface area (Å²) in [6.45, 7) is 2.16. The van der Waals surface area contributed by atoms with Gasteiger partial charge < -0.3 is 14.3 Å². The molecule has 21 heavy (non-hydrogen) atoms. The number of amides is 1. The fourth-order valence-corrected chi connectivity index (χ4v) is 2.04. The number of rotatable bonds is 4. The lowest BCUT2D eigenvalue weighted by Crippen LogP contribution is -2.22. The Kier molecular flexibility index (Phi) is 3.55. The summed E-state index contributed by atoms with van der Waals surface area (Å²) < 4.78 is 9.93. The number of aromatic nitrogens is 1. The molecule has 0 atom stereocenters. The zero-order valence-corrected chi connectivity index (χ0v) is 11.5. The van der Waals surface area contributed by atoms with Crippen LogP contribution in [0.15, 0.2) is 58.0 Å². The molecule has 0 aliphatic carbocycles. The van der Waals surface area contributed by atoms with E-state index in [1.165, 1.54) is 6.20 Å². The van der Waals surface area contributed by atoms with Crippen molar-refractivity contribution >= 4 is 5.91 Å². The SMILES string of the molecule is Cc1oncc1C(=O)NCc1ccc(-c2ccoc2)cc1. The Morgan fingerprint density at radius 2 is 2.00 bits per heavy atom. The van der Waals surface area contributed by atoms with Gasteiger partial charge in [-0.25, -0.2) is 0 Å². The molecule has 0 unspecified atom stereocenters. The number of carbonyl (C=O) groups excluding carboxylic acids is 1. The third kappa shape index (κ3) is 2.86. The summed E-state index contributed by atoms with van der Waals surface area (Å²) in [6, 6.07) is 9.85. The van der Waals surface area contributed by atoms with Crippen LogP contribution in [0.1, 0.15) is 21.7 Å². The lowest BCUT2D eigenvalue weighted by atomic mass is 10.1. The van der Waals surface area contributed by atoms with Gasteiger partial charge in [0.05, 0.1) is 18.7 Å². The molecule has 1 aromatic carbocycles. The molecule has 1 amide bonds. The molecule has 2 aromatic heterocycles. The van der Waals surface area contributed by atoms with Gasteiger partial charge in [-0.15, -0.1) is 0 Å². The molecule has 2 heterocycles. The van der Waals surface area contributed by atoms with Crippen molar-refractivity contribution in [3.8, 4) is 11.1 Å². The molecule has 0 aliphatic heterocycles. The Labute approximate surface area is 121 Å². The second kappa shape index (κ2) is 5.66. The van der Waals surface area contributed by atoms with Gasteiger partial charge in [-0.1, -0.05) is 29.4 Å². The minimum Gasteiger partial charge on any atom is -0.472 e. The molecule has 0 aliphatic rings. The average molecular weight is 282 g/mol. The normalized spacial score (nSPS) is 10.5. The third-order valence-electron chi connectivity index (χ3n) is 3.26. The van der Waals surface area contributed by atoms with Crippen LogP contribution in [0.25, 0.3) is 11.1 Å². The molecule has 3 rings (SSSR count). The lowest BCUT2D eigenvalue weighted by molar-refractivity contribution is 0.0949. The van der Waals surface area contributed by atoms with Gasteiger partial charge in [-0.3, -0.25) is 4.79 Å². The zero-order valence-electron chi connectivity index (χ0n) is 11.5. The van der Waals surface area contributed by atoms with E-state index in [0.29, 0.717) is 17.9 Å². The lowest BCUT2D eigenvalue weighted by Gasteiger charge is -2.05. The van der Waals surface area contributed by atoms with Gasteiger partial charge in [-0.05, 0) is 24.1 Å². The van der Waals surface area contributed by atoms with Crippen LogP contribution >= 0.6 is 0 Å². The molecule has 0 fully saturated rings. The minimum atomic E-state index is -0.187. The highest BCUT2D eigenvalue weighted by molar-refractivity contribution is 5.94. The van der Waals surface area contributed by atoms with E-state index in [1.807, 2.05) is 30.3 Å². The Morgan fingerprint density at radius 1 is 1.19 bits per heavy atom. The molecule has 5 heteroatoms. The number of benzene rings is 1. The first-order valence-corrected chi connectivity index (χ1v) is 6.55. The van der Waals surface area contributed by atoms with E-state index in [2.05, 4.69) is 10.5 Å². The van der Waals surface area contributed by atoms with E-state index >= 15 is 0 Å². The van der Waals surface area contributed by atoms with Crippen LogP contribution in [0.4, 0.5) is 0 Å². The fourth-order valence-electron chi connectivity index (χ4n) is 2.04. The minimum absolute atomic E-state index is 0.187. The predicted molar refractivity (Wildman–Crippen MR) is 76.6 cm³/mol. The summed E-state index contributed by atoms with van der Waals surface area (Å²) in [4.78, 5) is 11.9. The van der Waals surface area contributed by atoms with Crippen LogP contribution in [0.5, 0.6) is 0 Å². The smallest absolute Gasteiger partial charge is 0.256 e. The quantitative estimate of drug-likeness (QED) is 0.798. The summed E-state index contributed by atoms with van der Waals surface area (Å²) in [5, 5.41) is 6.43. The van der Waals surface area contributed by atoms with E-state index in [0.717, 1.165) is 16.7 Å². The monoisotopic (exact) mass is 282 g/mol. The second-order valence-corrected chi connectivity index (χ2v) is 4.69. The maximum Gasteiger partial charge on any atom is 0.256 e. The van der Waals surface area contributed by atoms with Gasteiger partial charge >= 0.3 is 0 Å². The van der Waals surface area contributed by atoms with E-state index in [9.17, 15) is 4.79 Å². The standard InChI is InChI=1S/C16H14N2O3/c1-11-15(9-18-21-11)16(19)17-8-12-2-4-13(5-3-12)14-6-7-20-10-14/h2-7,9-10H,8H2,1H3,(H,17,19). The van der Waals surface area contributed by atoms with E-state index < -0.39 is 0 Å². The number of furan rings is 1. The summed E-state index contributed by atoms with van der Waals surface area (Å²) >= 11 is 0. The van der Waals surface area contributed by atoms with Gasteiger partial charge in [0, 0.05) is 12.1 Å². The molecule has 0 saturated heterocycles. The molecule has 0 spiro atoms. The largest absolute Gasteiger partial charge is 0.472 e. The summed E-state index contributed by atoms with van der Waals surface area (Å²) in [5.74, 6) is 0.329. The maximum atomic E-state index is 11.9. The Hall–Kier alpha value is -2.82. The van der Waals surface area contributed by atoms with Gasteiger partial charge in [0.15, 0.2) is 0 Å². The molecule has 5 nitrogen and oxygen atoms in total. The first-order chi connectivity index (χ1) is 10.2. The van der Waals surface area contributed by atoms with Crippen LogP contribution < -0.4 is 5.32 Å². The molecule has 106 valence electrons. The Bertz CT molecular complexity index is 727. The van der Waals surface area contributed by atoms with Crippen molar-refractivity contribution in [2.75, 3.05) is 0 Å². The van der Waals surface area contributed by atoms with Crippen molar-refractivity contribution in [3.05, 3.63) is 65.9 Å². The van der Waals surface area contributed by atoms with Crippen molar-refractivity contribution in [1.82, 2.24) is 10.5 Å². The van der Waals surface area contributed by atoms with Crippen molar-refractivity contribution in [3.63, 3.8) is 0 Å². The van der Waals surface area contributed by atoms with Crippen molar-refractivity contribution in [1.29, 1.82) is 0 Å². The topological polar surface area (TPSA) is 68.3 Å². The third-order valence-corrected chi connectivity index (χ3v) is 3.26. The number of nitrogens with zero attached hydrogens (tertiary/aromatic N) is 1. The second-order valence-electron chi connectivity index (χ2n) is 4.69. The summed E-state index contributed by atoms with van der Waals surface area (Å²) in [6.07, 6.45) is 4.77. The number of carbonyl (C=O) groups is 1. The van der Waals surface area contributed by atoms with Crippen LogP contribution in [-0.4, -0.2) is 11.1 Å². The van der Waals surface area contributed by atoms with Crippen LogP contribution in [0.3, 0.4) is 0 Å². The molecule has 0 radical (unpaired) electrons. The highest BCUT2D eigenvalue weighted by atomic mass is 16.5. The van der Waals surface area contributed by atoms with Crippen LogP contribution in [0.2, 0.25) is 0 Å². The van der Waals surface area contributed by atoms with Crippen LogP contribution in [-0.2, 0) is 6.54 Å². The van der Waals surface area contributed by atoms with Crippen molar-refractivity contribution < 1.29 is 13.7 Å². The van der Waals surface area contributed by atoms with E-state index in [1.54, 1.807) is 19.5 Å². The van der Waals surface area contributed by atoms with Gasteiger partial charge in [0.1, 0.15) is 11.3 Å². The average Bonchev–Trinajstić information content (AvgIpc) is 3.16. The Morgan fingerprint density at radius 3 is 2.62 bits per heavy atom.